The fourth-order valence-corrected chi connectivity index (χ4v) is 4.21. The Bertz CT molecular complexity index is 681. The largest absolute Gasteiger partial charge is 0.343 e. The summed E-state index contributed by atoms with van der Waals surface area (Å²) in [6, 6.07) is 3.57. The summed E-state index contributed by atoms with van der Waals surface area (Å²) < 4.78 is 13.6. The quantitative estimate of drug-likeness (QED) is 0.359. The van der Waals surface area contributed by atoms with E-state index in [-0.39, 0.29) is 10.6 Å². The van der Waals surface area contributed by atoms with Crippen LogP contribution >= 0.6 is 35.6 Å². The number of halogens is 2. The molecular formula is C14H16ClFN4O2S2. The maximum Gasteiger partial charge on any atom is 0.343 e. The summed E-state index contributed by atoms with van der Waals surface area (Å²) in [5.74, 6) is -0.535. The fraction of sp³-hybridized carbons (Fsp3) is 0.357. The van der Waals surface area contributed by atoms with Crippen LogP contribution in [0.4, 0.5) is 9.18 Å². The van der Waals surface area contributed by atoms with E-state index in [4.69, 9.17) is 23.8 Å². The molecule has 130 valence electrons. The fourth-order valence-electron chi connectivity index (χ4n) is 2.21. The molecule has 1 heterocycles. The lowest BCUT2D eigenvalue weighted by atomic mass is 10.1. The molecule has 0 radical (unpaired) electrons. The van der Waals surface area contributed by atoms with Crippen molar-refractivity contribution in [1.29, 1.82) is 0 Å². The van der Waals surface area contributed by atoms with E-state index >= 15 is 0 Å². The van der Waals surface area contributed by atoms with Crippen molar-refractivity contribution in [1.82, 2.24) is 15.4 Å². The smallest absolute Gasteiger partial charge is 0.339 e. The molecular weight excluding hydrogens is 375 g/mol. The number of hydrazone groups is 1. The Morgan fingerprint density at radius 3 is 2.88 bits per heavy atom. The van der Waals surface area contributed by atoms with Crippen LogP contribution in [0, 0.1) is 5.82 Å². The number of urea groups is 1. The van der Waals surface area contributed by atoms with E-state index in [9.17, 15) is 14.4 Å². The first-order chi connectivity index (χ1) is 11.2. The first kappa shape index (κ1) is 18.9. The molecule has 1 atom stereocenters. The predicted octanol–water partition coefficient (Wildman–Crippen LogP) is 3.28. The third kappa shape index (κ3) is 3.64. The maximum absolute atomic E-state index is 13.9. The Morgan fingerprint density at radius 2 is 2.29 bits per heavy atom. The van der Waals surface area contributed by atoms with Gasteiger partial charge in [0.25, 0.3) is 0 Å². The molecule has 1 unspecified atom stereocenters. The lowest BCUT2D eigenvalue weighted by molar-refractivity contribution is -0.117. The number of rotatable bonds is 3. The van der Waals surface area contributed by atoms with E-state index in [0.29, 0.717) is 9.38 Å². The summed E-state index contributed by atoms with van der Waals surface area (Å²) in [4.78, 5) is 11.8. The van der Waals surface area contributed by atoms with Gasteiger partial charge in [-0.25, -0.2) is 14.2 Å². The minimum atomic E-state index is -0.864. The lowest BCUT2D eigenvalue weighted by Crippen LogP contribution is -2.55. The summed E-state index contributed by atoms with van der Waals surface area (Å²) in [6.45, 7) is 3.62. The molecule has 1 aromatic carbocycles. The van der Waals surface area contributed by atoms with Crippen LogP contribution in [0.1, 0.15) is 19.4 Å². The Morgan fingerprint density at radius 1 is 1.62 bits per heavy atom. The Kier molecular flexibility index (Phi) is 5.69. The minimum absolute atomic E-state index is 0.0971. The molecule has 0 spiro atoms. The number of hydroxylamine groups is 2. The van der Waals surface area contributed by atoms with Crippen LogP contribution in [0.25, 0.3) is 0 Å². The third-order valence-electron chi connectivity index (χ3n) is 3.36. The molecule has 2 rings (SSSR count). The second kappa shape index (κ2) is 7.22. The number of thiocarbonyl (C=S) groups is 1. The first-order valence-corrected chi connectivity index (χ1v) is 8.49. The van der Waals surface area contributed by atoms with Gasteiger partial charge in [-0.05, 0) is 26.0 Å². The number of carbonyl (C=O) groups is 1. The molecule has 0 bridgehead atoms. The van der Waals surface area contributed by atoms with Gasteiger partial charge in [0, 0.05) is 12.6 Å². The van der Waals surface area contributed by atoms with Crippen LogP contribution in [0.2, 0.25) is 5.02 Å². The Hall–Kier alpha value is -1.42. The highest BCUT2D eigenvalue weighted by atomic mass is 35.5. The third-order valence-corrected chi connectivity index (χ3v) is 5.22. The number of hydrogen-bond acceptors (Lipinski definition) is 5. The van der Waals surface area contributed by atoms with Crippen LogP contribution < -0.4 is 5.32 Å². The number of nitrogens with one attached hydrogen (secondary N) is 1. The van der Waals surface area contributed by atoms with Gasteiger partial charge in [-0.1, -0.05) is 41.6 Å². The zero-order valence-corrected chi connectivity index (χ0v) is 15.5. The van der Waals surface area contributed by atoms with Crippen LogP contribution in [0.15, 0.2) is 23.3 Å². The predicted molar refractivity (Wildman–Crippen MR) is 97.0 cm³/mol. The van der Waals surface area contributed by atoms with E-state index in [1.807, 2.05) is 13.8 Å². The van der Waals surface area contributed by atoms with Crippen molar-refractivity contribution < 1.29 is 14.4 Å². The highest BCUT2D eigenvalue weighted by molar-refractivity contribution is 8.24. The molecule has 1 aromatic rings. The molecule has 0 aliphatic carbocycles. The van der Waals surface area contributed by atoms with Gasteiger partial charge in [-0.2, -0.15) is 10.2 Å². The number of benzene rings is 1. The molecule has 0 aromatic heterocycles. The van der Waals surface area contributed by atoms with E-state index in [1.54, 1.807) is 0 Å². The summed E-state index contributed by atoms with van der Waals surface area (Å²) in [7, 11) is 1.39. The van der Waals surface area contributed by atoms with Gasteiger partial charge in [0.1, 0.15) is 5.82 Å². The Labute approximate surface area is 153 Å². The van der Waals surface area contributed by atoms with E-state index in [0.717, 1.165) is 0 Å². The van der Waals surface area contributed by atoms with Gasteiger partial charge in [-0.3, -0.25) is 5.21 Å². The van der Waals surface area contributed by atoms with Gasteiger partial charge in [0.15, 0.2) is 10.5 Å². The number of amides is 2. The van der Waals surface area contributed by atoms with Crippen molar-refractivity contribution in [3.8, 4) is 0 Å². The summed E-state index contributed by atoms with van der Waals surface area (Å²) in [6.07, 6.45) is 0.355. The standard InChI is InChI=1S/C14H16ClFN4O2S2/c1-14(2)11(20(22)12(21)17-3)19(13(23)24-14)18-7-8-9(15)5-4-6-10(8)16/h4-7,11,22H,1-3H3,(H,17,21)/b18-7+. The number of thioether (sulfide) groups is 1. The van der Waals surface area contributed by atoms with E-state index < -0.39 is 22.8 Å². The van der Waals surface area contributed by atoms with Gasteiger partial charge < -0.3 is 5.32 Å². The first-order valence-electron chi connectivity index (χ1n) is 6.89. The molecule has 1 saturated heterocycles. The molecule has 10 heteroatoms. The maximum atomic E-state index is 13.9. The molecule has 1 fully saturated rings. The average molecular weight is 391 g/mol. The van der Waals surface area contributed by atoms with Crippen LogP contribution in [-0.4, -0.2) is 49.8 Å². The van der Waals surface area contributed by atoms with Crippen molar-refractivity contribution >= 4 is 52.1 Å². The van der Waals surface area contributed by atoms with Crippen molar-refractivity contribution in [3.63, 3.8) is 0 Å². The molecule has 6 nitrogen and oxygen atoms in total. The van der Waals surface area contributed by atoms with Crippen molar-refractivity contribution in [2.75, 3.05) is 7.05 Å². The zero-order chi connectivity index (χ0) is 18.1. The highest BCUT2D eigenvalue weighted by Crippen LogP contribution is 2.42. The van der Waals surface area contributed by atoms with Crippen molar-refractivity contribution in [2.45, 2.75) is 24.8 Å². The van der Waals surface area contributed by atoms with Crippen LogP contribution in [-0.2, 0) is 0 Å². The van der Waals surface area contributed by atoms with E-state index in [2.05, 4.69) is 10.4 Å². The monoisotopic (exact) mass is 390 g/mol. The summed E-state index contributed by atoms with van der Waals surface area (Å²) >= 11 is 12.5. The second-order valence-electron chi connectivity index (χ2n) is 5.47. The van der Waals surface area contributed by atoms with Gasteiger partial charge in [0.2, 0.25) is 0 Å². The highest BCUT2D eigenvalue weighted by Gasteiger charge is 2.49. The van der Waals surface area contributed by atoms with Crippen molar-refractivity contribution in [2.24, 2.45) is 5.10 Å². The number of hydrogen-bond donors (Lipinski definition) is 2. The normalized spacial score (nSPS) is 19.8. The van der Waals surface area contributed by atoms with Gasteiger partial charge in [-0.15, -0.1) is 0 Å². The summed E-state index contributed by atoms with van der Waals surface area (Å²) in [5.41, 5.74) is 0.0971. The average Bonchev–Trinajstić information content (AvgIpc) is 2.73. The molecule has 1 aliphatic rings. The molecule has 1 aliphatic heterocycles. The van der Waals surface area contributed by atoms with Crippen LogP contribution in [0.3, 0.4) is 0 Å². The molecule has 2 amide bonds. The molecule has 24 heavy (non-hydrogen) atoms. The van der Waals surface area contributed by atoms with Crippen LogP contribution in [0.5, 0.6) is 0 Å². The molecule has 2 N–H and O–H groups in total. The van der Waals surface area contributed by atoms with Gasteiger partial charge in [0.05, 0.1) is 16.0 Å². The zero-order valence-electron chi connectivity index (χ0n) is 13.2. The molecule has 0 saturated carbocycles. The van der Waals surface area contributed by atoms with E-state index in [1.165, 1.54) is 48.2 Å². The second-order valence-corrected chi connectivity index (χ2v) is 8.16. The minimum Gasteiger partial charge on any atom is -0.339 e. The Balaban J connectivity index is 2.37. The summed E-state index contributed by atoms with van der Waals surface area (Å²) in [5, 5.41) is 18.7. The lowest BCUT2D eigenvalue weighted by Gasteiger charge is -2.33. The SMILES string of the molecule is CNC(=O)N(O)C1N(/N=C/c2c(F)cccc2Cl)C(=S)SC1(C)C. The number of carbonyl (C=O) groups excluding carboxylic acids is 1. The topological polar surface area (TPSA) is 68.2 Å². The van der Waals surface area contributed by atoms with Crippen molar-refractivity contribution in [3.05, 3.63) is 34.6 Å². The number of nitrogens with zero attached hydrogens (tertiary/aromatic N) is 3. The van der Waals surface area contributed by atoms with Gasteiger partial charge >= 0.3 is 6.03 Å².